The molecule has 0 aromatic heterocycles. The van der Waals surface area contributed by atoms with Crippen LogP contribution in [0.4, 0.5) is 0 Å². The Kier molecular flexibility index (Phi) is 7.71. The van der Waals surface area contributed by atoms with Crippen molar-refractivity contribution in [1.82, 2.24) is 4.90 Å². The summed E-state index contributed by atoms with van der Waals surface area (Å²) in [5.41, 5.74) is 0.771. The van der Waals surface area contributed by atoms with E-state index in [0.717, 1.165) is 5.56 Å². The Morgan fingerprint density at radius 1 is 1.21 bits per heavy atom. The van der Waals surface area contributed by atoms with E-state index in [2.05, 4.69) is 0 Å². The number of hydrogen-bond acceptors (Lipinski definition) is 5. The third kappa shape index (κ3) is 5.29. The number of halogens is 3. The average molecular weight is 410 g/mol. The smallest absolute Gasteiger partial charge is 0.320 e. The molecule has 9 heteroatoms. The van der Waals surface area contributed by atoms with Crippen molar-refractivity contribution in [2.45, 2.75) is 5.75 Å². The van der Waals surface area contributed by atoms with Crippen LogP contribution in [0.2, 0.25) is 0 Å². The number of benzene rings is 1. The molecule has 5 nitrogen and oxygen atoms in total. The monoisotopic (exact) mass is 408 g/mol. The predicted molar refractivity (Wildman–Crippen MR) is 98.7 cm³/mol. The van der Waals surface area contributed by atoms with Crippen LogP contribution in [0.25, 0.3) is 0 Å². The molecule has 1 aromatic carbocycles. The van der Waals surface area contributed by atoms with Crippen molar-refractivity contribution >= 4 is 46.6 Å². The topological polar surface area (TPSA) is 55.6 Å². The van der Waals surface area contributed by atoms with Crippen LogP contribution in [-0.2, 0) is 10.5 Å². The Morgan fingerprint density at radius 3 is 2.38 bits per heavy atom. The number of ether oxygens (including phenoxy) is 1. The van der Waals surface area contributed by atoms with Crippen molar-refractivity contribution < 1.29 is 9.66 Å². The fourth-order valence-corrected chi connectivity index (χ4v) is 3.71. The highest BCUT2D eigenvalue weighted by atomic mass is 35.5. The van der Waals surface area contributed by atoms with Gasteiger partial charge in [-0.25, -0.2) is 0 Å². The molecule has 1 aliphatic rings. The first-order valence-electron chi connectivity index (χ1n) is 7.10. The molecule has 0 spiro atoms. The minimum absolute atomic E-state index is 0.259. The predicted octanol–water partition coefficient (Wildman–Crippen LogP) is 4.58. The maximum absolute atomic E-state index is 11.6. The number of nitrogens with zero attached hydrogens (tertiary/aromatic N) is 2. The largest absolute Gasteiger partial charge is 0.378 e. The van der Waals surface area contributed by atoms with E-state index < -0.39 is 4.92 Å². The number of morpholine rings is 1. The fourth-order valence-electron chi connectivity index (χ4n) is 2.14. The van der Waals surface area contributed by atoms with Gasteiger partial charge in [0.1, 0.15) is 4.49 Å². The minimum atomic E-state index is -0.546. The van der Waals surface area contributed by atoms with Gasteiger partial charge < -0.3 is 9.64 Å². The summed E-state index contributed by atoms with van der Waals surface area (Å²) in [5, 5.41) is 11.8. The molecule has 0 unspecified atom stereocenters. The van der Waals surface area contributed by atoms with E-state index in [4.69, 9.17) is 39.5 Å². The molecule has 0 atom stereocenters. The molecule has 0 radical (unpaired) electrons. The zero-order valence-electron chi connectivity index (χ0n) is 12.6. The number of rotatable bonds is 6. The molecule has 1 aliphatic heterocycles. The van der Waals surface area contributed by atoms with Crippen LogP contribution >= 0.6 is 46.6 Å². The van der Waals surface area contributed by atoms with Gasteiger partial charge in [0.25, 0.3) is 0 Å². The molecular formula is C15H15Cl3N2O3S. The van der Waals surface area contributed by atoms with Crippen LogP contribution < -0.4 is 0 Å². The van der Waals surface area contributed by atoms with Gasteiger partial charge in [0.2, 0.25) is 0 Å². The minimum Gasteiger partial charge on any atom is -0.378 e. The Balaban J connectivity index is 2.37. The summed E-state index contributed by atoms with van der Waals surface area (Å²) in [6, 6.07) is 9.68. The number of nitro groups is 1. The van der Waals surface area contributed by atoms with E-state index in [0.29, 0.717) is 37.1 Å². The van der Waals surface area contributed by atoms with E-state index in [1.807, 2.05) is 35.2 Å². The van der Waals surface area contributed by atoms with Gasteiger partial charge in [-0.1, -0.05) is 76.9 Å². The van der Waals surface area contributed by atoms with Crippen molar-refractivity contribution in [1.29, 1.82) is 0 Å². The number of thioether (sulfide) groups is 1. The summed E-state index contributed by atoms with van der Waals surface area (Å²) in [7, 11) is 0. The first-order chi connectivity index (χ1) is 11.5. The highest BCUT2D eigenvalue weighted by molar-refractivity contribution is 8.02. The molecule has 1 heterocycles. The molecule has 2 rings (SSSR count). The van der Waals surface area contributed by atoms with Gasteiger partial charge in [-0.05, 0) is 5.56 Å². The second kappa shape index (κ2) is 9.53. The van der Waals surface area contributed by atoms with Gasteiger partial charge in [0, 0.05) is 18.8 Å². The van der Waals surface area contributed by atoms with Gasteiger partial charge in [0.15, 0.2) is 10.1 Å². The normalized spacial score (nSPS) is 15.7. The lowest BCUT2D eigenvalue weighted by Gasteiger charge is -2.30. The van der Waals surface area contributed by atoms with E-state index >= 15 is 0 Å². The summed E-state index contributed by atoms with van der Waals surface area (Å²) >= 11 is 18.7. The van der Waals surface area contributed by atoms with Crippen LogP contribution in [0.3, 0.4) is 0 Å². The van der Waals surface area contributed by atoms with E-state index in [9.17, 15) is 10.1 Å². The Bertz CT molecular complexity index is 643. The lowest BCUT2D eigenvalue weighted by molar-refractivity contribution is -0.421. The van der Waals surface area contributed by atoms with Crippen molar-refractivity contribution in [3.63, 3.8) is 0 Å². The average Bonchev–Trinajstić information content (AvgIpc) is 2.59. The SMILES string of the molecule is O=[N+]([O-])/C(C(Cl)=C(Cl)Cl)=C(\SCc1ccccc1)N1CCOCC1. The standard InChI is InChI=1S/C15H15Cl3N2O3S/c16-12(14(17)18)13(20(21)22)15(19-6-8-23-9-7-19)24-10-11-4-2-1-3-5-11/h1-5H,6-10H2/b15-13-. The zero-order chi connectivity index (χ0) is 17.5. The molecule has 0 aliphatic carbocycles. The van der Waals surface area contributed by atoms with Crippen LogP contribution in [0.15, 0.2) is 50.6 Å². The highest BCUT2D eigenvalue weighted by Gasteiger charge is 2.30. The van der Waals surface area contributed by atoms with Crippen molar-refractivity contribution in [3.8, 4) is 0 Å². The fraction of sp³-hybridized carbons (Fsp3) is 0.333. The molecule has 0 N–H and O–H groups in total. The molecule has 130 valence electrons. The molecule has 0 bridgehead atoms. The van der Waals surface area contributed by atoms with E-state index in [1.165, 1.54) is 11.8 Å². The molecule has 0 amide bonds. The van der Waals surface area contributed by atoms with Gasteiger partial charge in [-0.2, -0.15) is 0 Å². The molecule has 1 fully saturated rings. The second-order valence-corrected chi connectivity index (χ2v) is 7.15. The summed E-state index contributed by atoms with van der Waals surface area (Å²) in [6.45, 7) is 2.07. The summed E-state index contributed by atoms with van der Waals surface area (Å²) in [4.78, 5) is 12.9. The van der Waals surface area contributed by atoms with Crippen molar-refractivity contribution in [3.05, 3.63) is 66.3 Å². The Morgan fingerprint density at radius 2 is 1.83 bits per heavy atom. The van der Waals surface area contributed by atoms with Gasteiger partial charge in [-0.15, -0.1) is 0 Å². The third-order valence-corrected chi connectivity index (χ3v) is 5.42. The van der Waals surface area contributed by atoms with Crippen molar-refractivity contribution in [2.24, 2.45) is 0 Å². The highest BCUT2D eigenvalue weighted by Crippen LogP contribution is 2.35. The molecule has 1 saturated heterocycles. The van der Waals surface area contributed by atoms with Gasteiger partial charge >= 0.3 is 5.70 Å². The summed E-state index contributed by atoms with van der Waals surface area (Å²) in [6.07, 6.45) is 0. The first-order valence-corrected chi connectivity index (χ1v) is 9.22. The lowest BCUT2D eigenvalue weighted by Crippen LogP contribution is -2.36. The quantitative estimate of drug-likeness (QED) is 0.391. The van der Waals surface area contributed by atoms with Crippen LogP contribution in [0, 0.1) is 10.1 Å². The Hall–Kier alpha value is -0.920. The third-order valence-electron chi connectivity index (χ3n) is 3.28. The summed E-state index contributed by atoms with van der Waals surface area (Å²) in [5.74, 6) is 0.564. The molecule has 0 saturated carbocycles. The van der Waals surface area contributed by atoms with Crippen LogP contribution in [0.5, 0.6) is 0 Å². The zero-order valence-corrected chi connectivity index (χ0v) is 15.7. The van der Waals surface area contributed by atoms with Crippen LogP contribution in [0.1, 0.15) is 5.56 Å². The van der Waals surface area contributed by atoms with E-state index in [1.54, 1.807) is 0 Å². The molecule has 24 heavy (non-hydrogen) atoms. The Labute approximate surface area is 159 Å². The summed E-state index contributed by atoms with van der Waals surface area (Å²) < 4.78 is 5.00. The van der Waals surface area contributed by atoms with E-state index in [-0.39, 0.29) is 15.2 Å². The first kappa shape index (κ1) is 19.4. The maximum Gasteiger partial charge on any atom is 0.320 e. The molecule has 1 aromatic rings. The van der Waals surface area contributed by atoms with Gasteiger partial charge in [0.05, 0.1) is 18.1 Å². The van der Waals surface area contributed by atoms with Crippen molar-refractivity contribution in [2.75, 3.05) is 26.3 Å². The number of allylic oxidation sites excluding steroid dienone is 1. The van der Waals surface area contributed by atoms with Gasteiger partial charge in [-0.3, -0.25) is 10.1 Å². The second-order valence-electron chi connectivity index (χ2n) is 4.86. The lowest BCUT2D eigenvalue weighted by atomic mass is 10.2. The number of hydrogen-bond donors (Lipinski definition) is 0. The molecular weight excluding hydrogens is 395 g/mol. The van der Waals surface area contributed by atoms with Crippen LogP contribution in [-0.4, -0.2) is 36.1 Å². The maximum atomic E-state index is 11.6.